The van der Waals surface area contributed by atoms with Crippen molar-refractivity contribution >= 4 is 5.91 Å². The molecule has 86 valence electrons. The highest BCUT2D eigenvalue weighted by atomic mass is 16.3. The minimum atomic E-state index is -0.560. The number of aromatic nitrogens is 2. The molecule has 0 saturated carbocycles. The van der Waals surface area contributed by atoms with Crippen molar-refractivity contribution in [3.8, 4) is 5.88 Å². The van der Waals surface area contributed by atoms with Gasteiger partial charge in [0.05, 0.1) is 0 Å². The number of nitrogens with two attached hydrogens (primary N) is 1. The van der Waals surface area contributed by atoms with Gasteiger partial charge in [0.1, 0.15) is 5.69 Å². The third-order valence-electron chi connectivity index (χ3n) is 2.25. The highest BCUT2D eigenvalue weighted by molar-refractivity contribution is 5.90. The van der Waals surface area contributed by atoms with Gasteiger partial charge in [-0.05, 0) is 23.8 Å². The van der Waals surface area contributed by atoms with Gasteiger partial charge in [-0.3, -0.25) is 9.78 Å². The van der Waals surface area contributed by atoms with Crippen LogP contribution in [0.3, 0.4) is 0 Å². The lowest BCUT2D eigenvalue weighted by Crippen LogP contribution is -2.13. The summed E-state index contributed by atoms with van der Waals surface area (Å²) in [6.07, 6.45) is 2.04. The smallest absolute Gasteiger partial charge is 0.267 e. The van der Waals surface area contributed by atoms with Crippen LogP contribution in [0, 0.1) is 0 Å². The standard InChI is InChI=1S/C12H11N3O2/c13-12(17)10-7-8(4-5-14-10)6-9-2-1-3-11(16)15-9/h1-5,7H,6H2,(H2,13,17)(H,15,16). The fraction of sp³-hybridized carbons (Fsp3) is 0.0833. The number of primary amides is 1. The SMILES string of the molecule is NC(=O)c1cc(Cc2cccc(O)n2)ccn1. The van der Waals surface area contributed by atoms with Gasteiger partial charge in [0.15, 0.2) is 0 Å². The van der Waals surface area contributed by atoms with Gasteiger partial charge in [-0.15, -0.1) is 0 Å². The highest BCUT2D eigenvalue weighted by Gasteiger charge is 2.04. The third kappa shape index (κ3) is 2.78. The summed E-state index contributed by atoms with van der Waals surface area (Å²) in [7, 11) is 0. The Morgan fingerprint density at radius 3 is 2.88 bits per heavy atom. The summed E-state index contributed by atoms with van der Waals surface area (Å²) in [5.41, 5.74) is 6.95. The van der Waals surface area contributed by atoms with Gasteiger partial charge in [-0.2, -0.15) is 0 Å². The van der Waals surface area contributed by atoms with Crippen molar-refractivity contribution in [3.05, 3.63) is 53.5 Å². The second-order valence-electron chi connectivity index (χ2n) is 3.58. The second-order valence-corrected chi connectivity index (χ2v) is 3.58. The highest BCUT2D eigenvalue weighted by Crippen LogP contribution is 2.11. The minimum absolute atomic E-state index is 0.0216. The van der Waals surface area contributed by atoms with E-state index in [1.165, 1.54) is 12.3 Å². The molecule has 0 unspecified atom stereocenters. The fourth-order valence-corrected chi connectivity index (χ4v) is 1.49. The number of pyridine rings is 2. The number of hydrogen-bond donors (Lipinski definition) is 2. The van der Waals surface area contributed by atoms with Gasteiger partial charge in [0.2, 0.25) is 5.88 Å². The molecule has 0 fully saturated rings. The first-order valence-corrected chi connectivity index (χ1v) is 5.05. The number of carbonyl (C=O) groups excluding carboxylic acids is 1. The van der Waals surface area contributed by atoms with Gasteiger partial charge in [0.25, 0.3) is 5.91 Å². The van der Waals surface area contributed by atoms with Crippen molar-refractivity contribution in [2.45, 2.75) is 6.42 Å². The summed E-state index contributed by atoms with van der Waals surface area (Å²) < 4.78 is 0. The zero-order valence-corrected chi connectivity index (χ0v) is 9.00. The van der Waals surface area contributed by atoms with Crippen LogP contribution >= 0.6 is 0 Å². The Bertz CT molecular complexity index is 555. The second kappa shape index (κ2) is 4.61. The molecule has 0 aliphatic rings. The summed E-state index contributed by atoms with van der Waals surface area (Å²) in [4.78, 5) is 18.8. The maximum absolute atomic E-state index is 11.0. The summed E-state index contributed by atoms with van der Waals surface area (Å²) in [6.45, 7) is 0. The monoisotopic (exact) mass is 229 g/mol. The molecule has 2 aromatic rings. The molecule has 2 aromatic heterocycles. The average Bonchev–Trinajstić information content (AvgIpc) is 2.29. The van der Waals surface area contributed by atoms with E-state index in [-0.39, 0.29) is 11.6 Å². The Balaban J connectivity index is 2.24. The largest absolute Gasteiger partial charge is 0.493 e. The molecular weight excluding hydrogens is 218 g/mol. The minimum Gasteiger partial charge on any atom is -0.493 e. The number of amides is 1. The van der Waals surface area contributed by atoms with Crippen molar-refractivity contribution in [2.75, 3.05) is 0 Å². The molecule has 0 radical (unpaired) electrons. The Morgan fingerprint density at radius 1 is 1.35 bits per heavy atom. The number of hydrogen-bond acceptors (Lipinski definition) is 4. The maximum Gasteiger partial charge on any atom is 0.267 e. The first kappa shape index (κ1) is 11.1. The molecule has 0 aromatic carbocycles. The Labute approximate surface area is 98.0 Å². The van der Waals surface area contributed by atoms with Crippen molar-refractivity contribution in [1.29, 1.82) is 0 Å². The van der Waals surface area contributed by atoms with E-state index < -0.39 is 5.91 Å². The van der Waals surface area contributed by atoms with E-state index in [0.29, 0.717) is 12.1 Å². The molecule has 0 aliphatic carbocycles. The lowest BCUT2D eigenvalue weighted by molar-refractivity contribution is 0.0995. The lowest BCUT2D eigenvalue weighted by Gasteiger charge is -2.02. The van der Waals surface area contributed by atoms with Crippen LogP contribution in [-0.2, 0) is 6.42 Å². The van der Waals surface area contributed by atoms with E-state index in [1.54, 1.807) is 24.3 Å². The van der Waals surface area contributed by atoms with Crippen LogP contribution in [0.2, 0.25) is 0 Å². The molecule has 17 heavy (non-hydrogen) atoms. The van der Waals surface area contributed by atoms with Gasteiger partial charge >= 0.3 is 0 Å². The number of aromatic hydroxyl groups is 1. The zero-order valence-electron chi connectivity index (χ0n) is 9.00. The average molecular weight is 229 g/mol. The number of nitrogens with zero attached hydrogens (tertiary/aromatic N) is 2. The van der Waals surface area contributed by atoms with E-state index in [0.717, 1.165) is 5.56 Å². The van der Waals surface area contributed by atoms with Crippen LogP contribution in [0.4, 0.5) is 0 Å². The van der Waals surface area contributed by atoms with Crippen LogP contribution in [-0.4, -0.2) is 21.0 Å². The molecule has 0 aliphatic heterocycles. The van der Waals surface area contributed by atoms with Gasteiger partial charge in [-0.25, -0.2) is 4.98 Å². The molecule has 5 heteroatoms. The van der Waals surface area contributed by atoms with Crippen LogP contribution in [0.15, 0.2) is 36.5 Å². The Hall–Kier alpha value is -2.43. The number of rotatable bonds is 3. The number of carbonyl (C=O) groups is 1. The summed E-state index contributed by atoms with van der Waals surface area (Å²) >= 11 is 0. The molecular formula is C12H11N3O2. The summed E-state index contributed by atoms with van der Waals surface area (Å²) in [6, 6.07) is 8.41. The molecule has 0 bridgehead atoms. The first-order chi connectivity index (χ1) is 8.15. The molecule has 2 heterocycles. The van der Waals surface area contributed by atoms with Crippen molar-refractivity contribution in [1.82, 2.24) is 9.97 Å². The van der Waals surface area contributed by atoms with E-state index >= 15 is 0 Å². The molecule has 0 spiro atoms. The maximum atomic E-state index is 11.0. The fourth-order valence-electron chi connectivity index (χ4n) is 1.49. The normalized spacial score (nSPS) is 10.1. The molecule has 2 rings (SSSR count). The lowest BCUT2D eigenvalue weighted by atomic mass is 10.1. The van der Waals surface area contributed by atoms with Crippen molar-refractivity contribution < 1.29 is 9.90 Å². The van der Waals surface area contributed by atoms with Crippen LogP contribution in [0.1, 0.15) is 21.7 Å². The van der Waals surface area contributed by atoms with Gasteiger partial charge in [-0.1, -0.05) is 6.07 Å². The first-order valence-electron chi connectivity index (χ1n) is 5.05. The molecule has 1 amide bonds. The predicted molar refractivity (Wildman–Crippen MR) is 61.5 cm³/mol. The Kier molecular flexibility index (Phi) is 3.00. The third-order valence-corrected chi connectivity index (χ3v) is 2.25. The van der Waals surface area contributed by atoms with Crippen molar-refractivity contribution in [2.24, 2.45) is 5.73 Å². The zero-order chi connectivity index (χ0) is 12.3. The van der Waals surface area contributed by atoms with E-state index in [4.69, 9.17) is 5.73 Å². The Morgan fingerprint density at radius 2 is 2.18 bits per heavy atom. The molecule has 5 nitrogen and oxygen atoms in total. The molecule has 0 saturated heterocycles. The van der Waals surface area contributed by atoms with Gasteiger partial charge in [0, 0.05) is 24.4 Å². The molecule has 0 atom stereocenters. The van der Waals surface area contributed by atoms with Gasteiger partial charge < -0.3 is 10.8 Å². The van der Waals surface area contributed by atoms with E-state index in [1.807, 2.05) is 0 Å². The summed E-state index contributed by atoms with van der Waals surface area (Å²) in [5.74, 6) is -0.581. The topological polar surface area (TPSA) is 89.1 Å². The van der Waals surface area contributed by atoms with Crippen molar-refractivity contribution in [3.63, 3.8) is 0 Å². The van der Waals surface area contributed by atoms with E-state index in [2.05, 4.69) is 9.97 Å². The quantitative estimate of drug-likeness (QED) is 0.817. The van der Waals surface area contributed by atoms with Crippen LogP contribution in [0.25, 0.3) is 0 Å². The van der Waals surface area contributed by atoms with E-state index in [9.17, 15) is 9.90 Å². The van der Waals surface area contributed by atoms with Crippen LogP contribution < -0.4 is 5.73 Å². The molecule has 3 N–H and O–H groups in total. The summed E-state index contributed by atoms with van der Waals surface area (Å²) in [5, 5.41) is 9.24. The predicted octanol–water partition coefficient (Wildman–Crippen LogP) is 0.872. The van der Waals surface area contributed by atoms with Crippen LogP contribution in [0.5, 0.6) is 5.88 Å².